The summed E-state index contributed by atoms with van der Waals surface area (Å²) in [4.78, 5) is 12.9. The highest BCUT2D eigenvalue weighted by atomic mass is 32.1. The average Bonchev–Trinajstić information content (AvgIpc) is 2.28. The summed E-state index contributed by atoms with van der Waals surface area (Å²) in [6.07, 6.45) is 0.320. The van der Waals surface area contributed by atoms with Crippen LogP contribution in [0.1, 0.15) is 12.0 Å². The third-order valence-corrected chi connectivity index (χ3v) is 2.62. The van der Waals surface area contributed by atoms with Gasteiger partial charge in [0.25, 0.3) is 0 Å². The van der Waals surface area contributed by atoms with Gasteiger partial charge in [0.15, 0.2) is 0 Å². The molecule has 0 saturated heterocycles. The highest BCUT2D eigenvalue weighted by molar-refractivity contribution is 7.80. The second kappa shape index (κ2) is 6.30. The number of hydrogen-bond donors (Lipinski definition) is 2. The summed E-state index contributed by atoms with van der Waals surface area (Å²) in [5.41, 5.74) is 6.16. The van der Waals surface area contributed by atoms with Gasteiger partial charge < -0.3 is 16.0 Å². The maximum Gasteiger partial charge on any atom is 0.223 e. The first-order chi connectivity index (χ1) is 8.43. The molecular formula is C12H16FN3OS. The fourth-order valence-corrected chi connectivity index (χ4v) is 1.66. The highest BCUT2D eigenvalue weighted by Crippen LogP contribution is 2.18. The van der Waals surface area contributed by atoms with Crippen molar-refractivity contribution in [2.75, 3.05) is 26.0 Å². The number of amides is 1. The SMILES string of the molecule is CN(C)C(=O)CCNc1cccc(F)c1C(N)=S. The molecule has 1 rings (SSSR count). The number of hydrogen-bond acceptors (Lipinski definition) is 3. The normalized spacial score (nSPS) is 9.94. The molecule has 4 nitrogen and oxygen atoms in total. The van der Waals surface area contributed by atoms with Crippen LogP contribution in [0.3, 0.4) is 0 Å². The summed E-state index contributed by atoms with van der Waals surface area (Å²) in [6.45, 7) is 0.399. The average molecular weight is 269 g/mol. The van der Waals surface area contributed by atoms with E-state index in [9.17, 15) is 9.18 Å². The van der Waals surface area contributed by atoms with Crippen LogP contribution in [0.5, 0.6) is 0 Å². The van der Waals surface area contributed by atoms with Crippen molar-refractivity contribution in [2.24, 2.45) is 5.73 Å². The van der Waals surface area contributed by atoms with Crippen molar-refractivity contribution >= 4 is 28.8 Å². The van der Waals surface area contributed by atoms with E-state index in [0.29, 0.717) is 18.7 Å². The van der Waals surface area contributed by atoms with Gasteiger partial charge in [0.2, 0.25) is 5.91 Å². The lowest BCUT2D eigenvalue weighted by molar-refractivity contribution is -0.128. The first kappa shape index (κ1) is 14.4. The molecule has 6 heteroatoms. The minimum absolute atomic E-state index is 0.00391. The van der Waals surface area contributed by atoms with Crippen LogP contribution in [0.4, 0.5) is 10.1 Å². The molecular weight excluding hydrogens is 253 g/mol. The van der Waals surface area contributed by atoms with E-state index in [1.54, 1.807) is 26.2 Å². The van der Waals surface area contributed by atoms with Gasteiger partial charge in [-0.2, -0.15) is 0 Å². The van der Waals surface area contributed by atoms with Crippen LogP contribution in [0.2, 0.25) is 0 Å². The molecule has 0 bridgehead atoms. The van der Waals surface area contributed by atoms with Crippen LogP contribution in [-0.4, -0.2) is 36.4 Å². The number of carbonyl (C=O) groups excluding carboxylic acids is 1. The minimum Gasteiger partial charge on any atom is -0.389 e. The fourth-order valence-electron chi connectivity index (χ4n) is 1.45. The number of benzene rings is 1. The van der Waals surface area contributed by atoms with Gasteiger partial charge in [-0.15, -0.1) is 0 Å². The molecule has 0 radical (unpaired) electrons. The zero-order valence-corrected chi connectivity index (χ0v) is 11.2. The number of nitrogens with zero attached hydrogens (tertiary/aromatic N) is 1. The summed E-state index contributed by atoms with van der Waals surface area (Å²) in [5.74, 6) is -0.470. The van der Waals surface area contributed by atoms with Crippen LogP contribution in [0.25, 0.3) is 0 Å². The van der Waals surface area contributed by atoms with Crippen molar-refractivity contribution in [1.82, 2.24) is 4.90 Å². The predicted octanol–water partition coefficient (Wildman–Crippen LogP) is 1.35. The Hall–Kier alpha value is -1.69. The van der Waals surface area contributed by atoms with E-state index >= 15 is 0 Å². The standard InChI is InChI=1S/C12H16FN3OS/c1-16(2)10(17)6-7-15-9-5-3-4-8(13)11(9)12(14)18/h3-5,15H,6-7H2,1-2H3,(H2,14,18). The van der Waals surface area contributed by atoms with E-state index in [1.807, 2.05) is 0 Å². The molecule has 0 saturated carbocycles. The van der Waals surface area contributed by atoms with Gasteiger partial charge in [-0.05, 0) is 12.1 Å². The third-order valence-electron chi connectivity index (χ3n) is 2.41. The Balaban J connectivity index is 2.71. The van der Waals surface area contributed by atoms with Gasteiger partial charge in [0.05, 0.1) is 5.56 Å². The molecule has 0 aliphatic heterocycles. The predicted molar refractivity (Wildman–Crippen MR) is 74.1 cm³/mol. The topological polar surface area (TPSA) is 58.4 Å². The molecule has 0 unspecified atom stereocenters. The van der Waals surface area contributed by atoms with Gasteiger partial charge in [0, 0.05) is 32.7 Å². The van der Waals surface area contributed by atoms with Crippen LogP contribution in [-0.2, 0) is 4.79 Å². The van der Waals surface area contributed by atoms with Crippen molar-refractivity contribution in [3.63, 3.8) is 0 Å². The van der Waals surface area contributed by atoms with Crippen LogP contribution >= 0.6 is 12.2 Å². The molecule has 0 aliphatic carbocycles. The number of rotatable bonds is 5. The summed E-state index contributed by atoms with van der Waals surface area (Å²) in [5, 5.41) is 2.97. The molecule has 1 aromatic carbocycles. The van der Waals surface area contributed by atoms with Gasteiger partial charge in [-0.1, -0.05) is 18.3 Å². The van der Waals surface area contributed by atoms with E-state index in [0.717, 1.165) is 0 Å². The number of halogens is 1. The van der Waals surface area contributed by atoms with Crippen molar-refractivity contribution in [3.05, 3.63) is 29.6 Å². The molecule has 0 fully saturated rings. The zero-order valence-electron chi connectivity index (χ0n) is 10.4. The van der Waals surface area contributed by atoms with Crippen molar-refractivity contribution < 1.29 is 9.18 Å². The van der Waals surface area contributed by atoms with E-state index < -0.39 is 5.82 Å². The molecule has 0 aliphatic rings. The Morgan fingerprint density at radius 1 is 1.50 bits per heavy atom. The lowest BCUT2D eigenvalue weighted by Gasteiger charge is -2.13. The molecule has 3 N–H and O–H groups in total. The zero-order chi connectivity index (χ0) is 13.7. The summed E-state index contributed by atoms with van der Waals surface area (Å²) >= 11 is 4.80. The minimum atomic E-state index is -0.466. The Morgan fingerprint density at radius 3 is 2.72 bits per heavy atom. The molecule has 0 atom stereocenters. The van der Waals surface area contributed by atoms with Gasteiger partial charge >= 0.3 is 0 Å². The van der Waals surface area contributed by atoms with E-state index in [-0.39, 0.29) is 16.5 Å². The van der Waals surface area contributed by atoms with Crippen LogP contribution in [0, 0.1) is 5.82 Å². The Kier molecular flexibility index (Phi) is 5.03. The fraction of sp³-hybridized carbons (Fsp3) is 0.333. The molecule has 1 aromatic rings. The lowest BCUT2D eigenvalue weighted by atomic mass is 10.1. The molecule has 18 heavy (non-hydrogen) atoms. The number of carbonyl (C=O) groups is 1. The van der Waals surface area contributed by atoms with E-state index in [1.165, 1.54) is 11.0 Å². The second-order valence-electron chi connectivity index (χ2n) is 3.99. The maximum atomic E-state index is 13.5. The Bertz CT molecular complexity index is 463. The van der Waals surface area contributed by atoms with Gasteiger partial charge in [-0.25, -0.2) is 4.39 Å². The van der Waals surface area contributed by atoms with E-state index in [4.69, 9.17) is 18.0 Å². The first-order valence-electron chi connectivity index (χ1n) is 5.46. The number of anilines is 1. The molecule has 0 aromatic heterocycles. The quantitative estimate of drug-likeness (QED) is 0.792. The Morgan fingerprint density at radius 2 is 2.17 bits per heavy atom. The van der Waals surface area contributed by atoms with Crippen molar-refractivity contribution in [3.8, 4) is 0 Å². The van der Waals surface area contributed by atoms with Crippen molar-refractivity contribution in [2.45, 2.75) is 6.42 Å². The molecule has 0 spiro atoms. The highest BCUT2D eigenvalue weighted by Gasteiger charge is 2.11. The summed E-state index contributed by atoms with van der Waals surface area (Å²) in [6, 6.07) is 4.54. The molecule has 0 heterocycles. The number of nitrogens with one attached hydrogen (secondary N) is 1. The summed E-state index contributed by atoms with van der Waals surface area (Å²) < 4.78 is 13.5. The second-order valence-corrected chi connectivity index (χ2v) is 4.43. The van der Waals surface area contributed by atoms with Crippen LogP contribution < -0.4 is 11.1 Å². The Labute approximate surface area is 111 Å². The maximum absolute atomic E-state index is 13.5. The first-order valence-corrected chi connectivity index (χ1v) is 5.86. The van der Waals surface area contributed by atoms with Crippen LogP contribution in [0.15, 0.2) is 18.2 Å². The smallest absolute Gasteiger partial charge is 0.223 e. The van der Waals surface area contributed by atoms with Crippen molar-refractivity contribution in [1.29, 1.82) is 0 Å². The summed E-state index contributed by atoms with van der Waals surface area (Å²) in [7, 11) is 3.37. The largest absolute Gasteiger partial charge is 0.389 e. The lowest BCUT2D eigenvalue weighted by Crippen LogP contribution is -2.24. The number of nitrogens with two attached hydrogens (primary N) is 1. The van der Waals surface area contributed by atoms with E-state index in [2.05, 4.69) is 5.32 Å². The monoisotopic (exact) mass is 269 g/mol. The molecule has 98 valence electrons. The third kappa shape index (κ3) is 3.66. The van der Waals surface area contributed by atoms with Gasteiger partial charge in [-0.3, -0.25) is 4.79 Å². The molecule has 1 amide bonds. The number of thiocarbonyl (C=S) groups is 1. The van der Waals surface area contributed by atoms with Gasteiger partial charge in [0.1, 0.15) is 10.8 Å².